The van der Waals surface area contributed by atoms with E-state index in [1.807, 2.05) is 55.5 Å². The predicted molar refractivity (Wildman–Crippen MR) is 130 cm³/mol. The Hall–Kier alpha value is -2.90. The lowest BCUT2D eigenvalue weighted by Crippen LogP contribution is -2.43. The summed E-state index contributed by atoms with van der Waals surface area (Å²) in [7, 11) is 0. The van der Waals surface area contributed by atoms with Gasteiger partial charge in [0.15, 0.2) is 0 Å². The predicted octanol–water partition coefficient (Wildman–Crippen LogP) is 3.36. The number of hydrogen-bond donors (Lipinski definition) is 3. The van der Waals surface area contributed by atoms with Gasteiger partial charge < -0.3 is 20.5 Å². The van der Waals surface area contributed by atoms with E-state index in [2.05, 4.69) is 29.4 Å². The topological polar surface area (TPSA) is 90.9 Å². The molecule has 2 rings (SSSR count). The molecule has 0 fully saturated rings. The number of nitrogens with one attached hydrogen (secondary N) is 2. The molecule has 0 aliphatic rings. The highest BCUT2D eigenvalue weighted by Gasteiger charge is 2.15. The van der Waals surface area contributed by atoms with Crippen LogP contribution < -0.4 is 10.6 Å². The number of aliphatic hydroxyl groups excluding tert-OH is 1. The molecular formula is C26H37N3O4. The monoisotopic (exact) mass is 455 g/mol. The van der Waals surface area contributed by atoms with E-state index in [-0.39, 0.29) is 19.1 Å². The maximum Gasteiger partial charge on any atom is 0.407 e. The number of carbonyl (C=O) groups excluding carboxylic acids is 2. The molecule has 0 aliphatic carbocycles. The fourth-order valence-electron chi connectivity index (χ4n) is 3.29. The third-order valence-corrected chi connectivity index (χ3v) is 5.18. The number of alkyl carbamates (subject to hydrolysis) is 1. The molecule has 0 heterocycles. The number of nitrogens with zero attached hydrogens (tertiary/aromatic N) is 1. The van der Waals surface area contributed by atoms with Crippen LogP contribution in [0.15, 0.2) is 54.6 Å². The Morgan fingerprint density at radius 2 is 1.79 bits per heavy atom. The minimum absolute atomic E-state index is 0.164. The van der Waals surface area contributed by atoms with Crippen molar-refractivity contribution in [3.8, 4) is 0 Å². The number of benzene rings is 2. The Morgan fingerprint density at radius 1 is 1.03 bits per heavy atom. The Morgan fingerprint density at radius 3 is 2.48 bits per heavy atom. The van der Waals surface area contributed by atoms with Gasteiger partial charge in [0.25, 0.3) is 5.91 Å². The molecule has 3 N–H and O–H groups in total. The number of aryl methyl sites for hydroxylation is 1. The lowest BCUT2D eigenvalue weighted by atomic mass is 10.1. The van der Waals surface area contributed by atoms with Crippen LogP contribution in [0.4, 0.5) is 4.79 Å². The first-order valence-corrected chi connectivity index (χ1v) is 11.5. The van der Waals surface area contributed by atoms with Gasteiger partial charge in [0.1, 0.15) is 6.61 Å². The molecule has 2 aromatic carbocycles. The van der Waals surface area contributed by atoms with E-state index in [0.717, 1.165) is 24.1 Å². The first kappa shape index (κ1) is 26.4. The van der Waals surface area contributed by atoms with Crippen LogP contribution in [0.1, 0.15) is 41.8 Å². The summed E-state index contributed by atoms with van der Waals surface area (Å²) in [5, 5.41) is 16.1. The molecule has 33 heavy (non-hydrogen) atoms. The molecule has 0 radical (unpaired) electrons. The summed E-state index contributed by atoms with van der Waals surface area (Å²) in [4.78, 5) is 26.4. The summed E-state index contributed by atoms with van der Waals surface area (Å²) in [6.45, 7) is 8.81. The minimum atomic E-state index is -0.712. The second-order valence-electron chi connectivity index (χ2n) is 8.70. The average molecular weight is 456 g/mol. The Balaban J connectivity index is 1.75. The van der Waals surface area contributed by atoms with Crippen LogP contribution in [0.3, 0.4) is 0 Å². The smallest absolute Gasteiger partial charge is 0.407 e. The van der Waals surface area contributed by atoms with Crippen molar-refractivity contribution in [3.63, 3.8) is 0 Å². The van der Waals surface area contributed by atoms with E-state index in [1.54, 1.807) is 6.07 Å². The van der Waals surface area contributed by atoms with Crippen molar-refractivity contribution in [1.82, 2.24) is 15.5 Å². The van der Waals surface area contributed by atoms with Crippen molar-refractivity contribution in [2.24, 2.45) is 5.92 Å². The lowest BCUT2D eigenvalue weighted by molar-refractivity contribution is 0.0850. The van der Waals surface area contributed by atoms with Gasteiger partial charge in [-0.25, -0.2) is 4.79 Å². The average Bonchev–Trinajstić information content (AvgIpc) is 2.80. The molecule has 7 heteroatoms. The molecule has 0 aliphatic heterocycles. The van der Waals surface area contributed by atoms with Crippen molar-refractivity contribution in [2.45, 2.75) is 39.9 Å². The van der Waals surface area contributed by atoms with Gasteiger partial charge in [-0.1, -0.05) is 61.9 Å². The van der Waals surface area contributed by atoms with Crippen molar-refractivity contribution in [1.29, 1.82) is 0 Å². The molecule has 7 nitrogen and oxygen atoms in total. The summed E-state index contributed by atoms with van der Waals surface area (Å²) in [5.41, 5.74) is 2.52. The second-order valence-corrected chi connectivity index (χ2v) is 8.70. The molecule has 180 valence electrons. The Kier molecular flexibility index (Phi) is 11.4. The van der Waals surface area contributed by atoms with Crippen LogP contribution in [0.5, 0.6) is 0 Å². The summed E-state index contributed by atoms with van der Waals surface area (Å²) in [6.07, 6.45) is -0.203. The van der Waals surface area contributed by atoms with Crippen LogP contribution in [0.25, 0.3) is 0 Å². The van der Waals surface area contributed by atoms with Crippen molar-refractivity contribution >= 4 is 12.0 Å². The molecule has 2 aromatic rings. The molecule has 0 saturated carbocycles. The molecule has 0 saturated heterocycles. The van der Waals surface area contributed by atoms with Crippen molar-refractivity contribution in [3.05, 3.63) is 71.3 Å². The Labute approximate surface area is 197 Å². The fraction of sp³-hybridized carbons (Fsp3) is 0.462. The van der Waals surface area contributed by atoms with E-state index in [9.17, 15) is 14.7 Å². The first-order chi connectivity index (χ1) is 15.8. The SMILES string of the molecule is Cc1cccc(C(=O)NCC(O)CN(CCNC(=O)OCc2ccccc2)CCC(C)C)c1. The summed E-state index contributed by atoms with van der Waals surface area (Å²) in [5.74, 6) is 0.323. The highest BCUT2D eigenvalue weighted by atomic mass is 16.5. The van der Waals surface area contributed by atoms with Gasteiger partial charge in [-0.2, -0.15) is 0 Å². The van der Waals surface area contributed by atoms with Crippen LogP contribution in [0, 0.1) is 12.8 Å². The van der Waals surface area contributed by atoms with Gasteiger partial charge >= 0.3 is 6.09 Å². The van der Waals surface area contributed by atoms with Gasteiger partial charge in [-0.15, -0.1) is 0 Å². The number of hydrogen-bond acceptors (Lipinski definition) is 5. The summed E-state index contributed by atoms with van der Waals surface area (Å²) in [6, 6.07) is 16.9. The van der Waals surface area contributed by atoms with Gasteiger partial charge in [-0.05, 0) is 43.5 Å². The van der Waals surface area contributed by atoms with E-state index in [4.69, 9.17) is 4.74 Å². The first-order valence-electron chi connectivity index (χ1n) is 11.5. The highest BCUT2D eigenvalue weighted by molar-refractivity contribution is 5.94. The zero-order valence-electron chi connectivity index (χ0n) is 19.9. The normalized spacial score (nSPS) is 11.9. The number of aliphatic hydroxyl groups is 1. The van der Waals surface area contributed by atoms with Crippen LogP contribution in [-0.2, 0) is 11.3 Å². The highest BCUT2D eigenvalue weighted by Crippen LogP contribution is 2.05. The number of ether oxygens (including phenoxy) is 1. The van der Waals surface area contributed by atoms with Crippen molar-refractivity contribution < 1.29 is 19.4 Å². The quantitative estimate of drug-likeness (QED) is 0.431. The zero-order chi connectivity index (χ0) is 24.1. The Bertz CT molecular complexity index is 858. The lowest BCUT2D eigenvalue weighted by Gasteiger charge is -2.26. The summed E-state index contributed by atoms with van der Waals surface area (Å²) >= 11 is 0. The van der Waals surface area contributed by atoms with E-state index in [1.165, 1.54) is 0 Å². The largest absolute Gasteiger partial charge is 0.445 e. The van der Waals surface area contributed by atoms with Crippen LogP contribution in [-0.4, -0.2) is 60.8 Å². The fourth-order valence-corrected chi connectivity index (χ4v) is 3.29. The number of amides is 2. The third kappa shape index (κ3) is 11.0. The van der Waals surface area contributed by atoms with E-state index in [0.29, 0.717) is 31.1 Å². The van der Waals surface area contributed by atoms with Gasteiger partial charge in [0, 0.05) is 31.7 Å². The zero-order valence-corrected chi connectivity index (χ0v) is 19.9. The molecule has 2 amide bonds. The van der Waals surface area contributed by atoms with Gasteiger partial charge in [0.2, 0.25) is 0 Å². The number of carbonyl (C=O) groups is 2. The molecule has 0 bridgehead atoms. The van der Waals surface area contributed by atoms with E-state index < -0.39 is 12.2 Å². The molecule has 0 aromatic heterocycles. The van der Waals surface area contributed by atoms with Crippen LogP contribution >= 0.6 is 0 Å². The molecule has 1 atom stereocenters. The molecule has 1 unspecified atom stereocenters. The van der Waals surface area contributed by atoms with Gasteiger partial charge in [-0.3, -0.25) is 9.69 Å². The number of rotatable bonds is 13. The van der Waals surface area contributed by atoms with E-state index >= 15 is 0 Å². The van der Waals surface area contributed by atoms with Gasteiger partial charge in [0.05, 0.1) is 6.10 Å². The maximum absolute atomic E-state index is 12.3. The van der Waals surface area contributed by atoms with Crippen molar-refractivity contribution in [2.75, 3.05) is 32.7 Å². The minimum Gasteiger partial charge on any atom is -0.445 e. The third-order valence-electron chi connectivity index (χ3n) is 5.18. The van der Waals surface area contributed by atoms with Crippen LogP contribution in [0.2, 0.25) is 0 Å². The second kappa shape index (κ2) is 14.3. The standard InChI is InChI=1S/C26H37N3O4/c1-20(2)12-14-29(15-13-27-26(32)33-19-22-9-5-4-6-10-22)18-24(30)17-28-25(31)23-11-7-8-21(3)16-23/h4-11,16,20,24,30H,12-15,17-19H2,1-3H3,(H,27,32)(H,28,31). The maximum atomic E-state index is 12.3. The molecular weight excluding hydrogens is 418 g/mol. The molecule has 0 spiro atoms. The summed E-state index contributed by atoms with van der Waals surface area (Å²) < 4.78 is 5.24.